The van der Waals surface area contributed by atoms with Crippen molar-refractivity contribution in [2.24, 2.45) is 5.92 Å². The highest BCUT2D eigenvalue weighted by Gasteiger charge is 2.45. The van der Waals surface area contributed by atoms with Crippen LogP contribution in [-0.4, -0.2) is 73.1 Å². The molecule has 8 heteroatoms. The molecule has 0 radical (unpaired) electrons. The lowest BCUT2D eigenvalue weighted by Gasteiger charge is -2.48. The number of rotatable bonds is 12. The molecule has 3 aromatic carbocycles. The molecule has 0 N–H and O–H groups in total. The van der Waals surface area contributed by atoms with Crippen LogP contribution in [-0.2, 0) is 34.0 Å². The Bertz CT molecular complexity index is 1210. The van der Waals surface area contributed by atoms with Crippen LogP contribution >= 0.6 is 0 Å². The first kappa shape index (κ1) is 31.7. The number of nitrogens with zero attached hydrogens (tertiary/aromatic N) is 2. The zero-order chi connectivity index (χ0) is 30.1. The van der Waals surface area contributed by atoms with E-state index in [1.54, 1.807) is 0 Å². The molecule has 2 fully saturated rings. The quantitative estimate of drug-likeness (QED) is 0.232. The third-order valence-electron chi connectivity index (χ3n) is 8.64. The second-order valence-corrected chi connectivity index (χ2v) is 11.9. The molecule has 5 nitrogen and oxygen atoms in total. The molecular formula is C35H43F3N2O3. The first-order chi connectivity index (χ1) is 20.8. The predicted molar refractivity (Wildman–Crippen MR) is 161 cm³/mol. The van der Waals surface area contributed by atoms with Gasteiger partial charge in [0.25, 0.3) is 0 Å². The summed E-state index contributed by atoms with van der Waals surface area (Å²) in [5, 5.41) is 0. The number of hydrogen-bond donors (Lipinski definition) is 0. The number of halogens is 3. The summed E-state index contributed by atoms with van der Waals surface area (Å²) in [6, 6.07) is 30.4. The normalized spacial score (nSPS) is 24.3. The highest BCUT2D eigenvalue weighted by atomic mass is 19.4. The van der Waals surface area contributed by atoms with E-state index in [4.69, 9.17) is 14.2 Å². The molecule has 0 aliphatic carbocycles. The van der Waals surface area contributed by atoms with Crippen LogP contribution in [0.15, 0.2) is 91.0 Å². The molecule has 2 saturated heterocycles. The fourth-order valence-corrected chi connectivity index (χ4v) is 6.24. The molecule has 0 aromatic heterocycles. The SMILES string of the molecule is C[C@@H]1[C@@H](OCc2ccccc2)[C@H](OCc2ccccc2)[C@@H](OCc2ccccc2)CN1CC1CCN(CC(F)(F)F)CC1. The lowest BCUT2D eigenvalue weighted by molar-refractivity contribution is -0.202. The summed E-state index contributed by atoms with van der Waals surface area (Å²) >= 11 is 0. The van der Waals surface area contributed by atoms with Gasteiger partial charge in [-0.3, -0.25) is 9.80 Å². The molecule has 232 valence electrons. The number of benzene rings is 3. The minimum Gasteiger partial charge on any atom is -0.369 e. The van der Waals surface area contributed by atoms with Crippen LogP contribution in [0.4, 0.5) is 13.2 Å². The maximum atomic E-state index is 13.0. The van der Waals surface area contributed by atoms with Gasteiger partial charge in [0.1, 0.15) is 12.2 Å². The van der Waals surface area contributed by atoms with Gasteiger partial charge in [-0.15, -0.1) is 0 Å². The Morgan fingerprint density at radius 1 is 0.674 bits per heavy atom. The molecule has 3 aromatic rings. The molecule has 4 atom stereocenters. The van der Waals surface area contributed by atoms with E-state index >= 15 is 0 Å². The van der Waals surface area contributed by atoms with E-state index in [-0.39, 0.29) is 24.4 Å². The summed E-state index contributed by atoms with van der Waals surface area (Å²) in [5.74, 6) is 0.318. The van der Waals surface area contributed by atoms with Crippen molar-refractivity contribution in [3.05, 3.63) is 108 Å². The molecule has 2 heterocycles. The highest BCUT2D eigenvalue weighted by molar-refractivity contribution is 5.16. The van der Waals surface area contributed by atoms with E-state index in [2.05, 4.69) is 48.2 Å². The fraction of sp³-hybridized carbons (Fsp3) is 0.486. The van der Waals surface area contributed by atoms with E-state index in [0.29, 0.717) is 45.4 Å². The van der Waals surface area contributed by atoms with Crippen molar-refractivity contribution in [1.82, 2.24) is 9.80 Å². The maximum Gasteiger partial charge on any atom is 0.401 e. The summed E-state index contributed by atoms with van der Waals surface area (Å²) in [7, 11) is 0. The monoisotopic (exact) mass is 596 g/mol. The van der Waals surface area contributed by atoms with Crippen LogP contribution in [0.3, 0.4) is 0 Å². The van der Waals surface area contributed by atoms with Crippen LogP contribution in [0.1, 0.15) is 36.5 Å². The van der Waals surface area contributed by atoms with Gasteiger partial charge in [-0.2, -0.15) is 13.2 Å². The van der Waals surface area contributed by atoms with E-state index in [9.17, 15) is 13.2 Å². The van der Waals surface area contributed by atoms with Gasteiger partial charge in [-0.05, 0) is 55.5 Å². The molecule has 0 spiro atoms. The standard InChI is InChI=1S/C35H43F3N2O3/c1-27-33(42-24-30-13-7-3-8-14-30)34(43-25-31-15-9-4-10-16-31)32(41-23-29-11-5-2-6-12-29)22-40(27)21-28-17-19-39(20-18-28)26-35(36,37)38/h2-16,27-28,32-34H,17-26H2,1H3/t27-,32+,33-,34-/m1/s1. The van der Waals surface area contributed by atoms with Gasteiger partial charge < -0.3 is 14.2 Å². The van der Waals surface area contributed by atoms with Crippen LogP contribution in [0.25, 0.3) is 0 Å². The highest BCUT2D eigenvalue weighted by Crippen LogP contribution is 2.31. The molecule has 5 rings (SSSR count). The van der Waals surface area contributed by atoms with Gasteiger partial charge in [0, 0.05) is 19.1 Å². The molecule has 0 amide bonds. The minimum absolute atomic E-state index is 0.0364. The van der Waals surface area contributed by atoms with E-state index in [1.807, 2.05) is 54.6 Å². The Hall–Kier alpha value is -2.75. The Balaban J connectivity index is 1.33. The topological polar surface area (TPSA) is 34.2 Å². The summed E-state index contributed by atoms with van der Waals surface area (Å²) in [4.78, 5) is 3.94. The molecule has 0 bridgehead atoms. The van der Waals surface area contributed by atoms with E-state index in [1.165, 1.54) is 4.90 Å². The largest absolute Gasteiger partial charge is 0.401 e. The van der Waals surface area contributed by atoms with Crippen molar-refractivity contribution >= 4 is 0 Å². The van der Waals surface area contributed by atoms with Gasteiger partial charge in [0.2, 0.25) is 0 Å². The van der Waals surface area contributed by atoms with Crippen molar-refractivity contribution in [2.45, 2.75) is 70.1 Å². The molecule has 2 aliphatic heterocycles. The maximum absolute atomic E-state index is 13.0. The second kappa shape index (κ2) is 15.3. The summed E-state index contributed by atoms with van der Waals surface area (Å²) < 4.78 is 58.8. The van der Waals surface area contributed by atoms with Gasteiger partial charge in [0.15, 0.2) is 0 Å². The van der Waals surface area contributed by atoms with Crippen LogP contribution < -0.4 is 0 Å². The van der Waals surface area contributed by atoms with Gasteiger partial charge in [0.05, 0.1) is 32.5 Å². The van der Waals surface area contributed by atoms with Crippen LogP contribution in [0.2, 0.25) is 0 Å². The lowest BCUT2D eigenvalue weighted by atomic mass is 9.90. The molecule has 43 heavy (non-hydrogen) atoms. The minimum atomic E-state index is -4.16. The van der Waals surface area contributed by atoms with Crippen molar-refractivity contribution < 1.29 is 27.4 Å². The van der Waals surface area contributed by atoms with Crippen molar-refractivity contribution in [3.63, 3.8) is 0 Å². The summed E-state index contributed by atoms with van der Waals surface area (Å²) in [6.07, 6.45) is -3.46. The first-order valence-electron chi connectivity index (χ1n) is 15.3. The lowest BCUT2D eigenvalue weighted by Crippen LogP contribution is -2.63. The Kier molecular flexibility index (Phi) is 11.3. The smallest absolute Gasteiger partial charge is 0.369 e. The fourth-order valence-electron chi connectivity index (χ4n) is 6.24. The molecule has 2 aliphatic rings. The van der Waals surface area contributed by atoms with Gasteiger partial charge in [-0.25, -0.2) is 0 Å². The summed E-state index contributed by atoms with van der Waals surface area (Å²) in [6.45, 7) is 5.12. The van der Waals surface area contributed by atoms with Gasteiger partial charge in [-0.1, -0.05) is 91.0 Å². The summed E-state index contributed by atoms with van der Waals surface area (Å²) in [5.41, 5.74) is 3.27. The first-order valence-corrected chi connectivity index (χ1v) is 15.3. The molecule has 0 unspecified atom stereocenters. The predicted octanol–water partition coefficient (Wildman–Crippen LogP) is 6.72. The number of piperidine rings is 2. The van der Waals surface area contributed by atoms with Crippen molar-refractivity contribution in [1.29, 1.82) is 0 Å². The molecule has 0 saturated carbocycles. The third-order valence-corrected chi connectivity index (χ3v) is 8.64. The number of ether oxygens (including phenoxy) is 3. The third kappa shape index (κ3) is 9.62. The van der Waals surface area contributed by atoms with Crippen molar-refractivity contribution in [3.8, 4) is 0 Å². The zero-order valence-electron chi connectivity index (χ0n) is 24.9. The average Bonchev–Trinajstić information content (AvgIpc) is 3.01. The second-order valence-electron chi connectivity index (χ2n) is 11.9. The molecular weight excluding hydrogens is 553 g/mol. The Morgan fingerprint density at radius 2 is 1.14 bits per heavy atom. The Labute approximate surface area is 253 Å². The van der Waals surface area contributed by atoms with E-state index < -0.39 is 12.7 Å². The Morgan fingerprint density at radius 3 is 1.63 bits per heavy atom. The van der Waals surface area contributed by atoms with Crippen molar-refractivity contribution in [2.75, 3.05) is 32.7 Å². The zero-order valence-corrected chi connectivity index (χ0v) is 24.9. The van der Waals surface area contributed by atoms with E-state index in [0.717, 1.165) is 36.1 Å². The van der Waals surface area contributed by atoms with Gasteiger partial charge >= 0.3 is 6.18 Å². The number of likely N-dealkylation sites (tertiary alicyclic amines) is 2. The van der Waals surface area contributed by atoms with Crippen LogP contribution in [0, 0.1) is 5.92 Å². The average molecular weight is 597 g/mol. The van der Waals surface area contributed by atoms with Crippen LogP contribution in [0.5, 0.6) is 0 Å². The number of hydrogen-bond acceptors (Lipinski definition) is 5. The number of alkyl halides is 3.